The van der Waals surface area contributed by atoms with Gasteiger partial charge in [-0.15, -0.1) is 0 Å². The Morgan fingerprint density at radius 3 is 0.602 bits per heavy atom. The first-order valence-corrected chi connectivity index (χ1v) is 30.0. The lowest BCUT2D eigenvalue weighted by molar-refractivity contribution is 1.01. The van der Waals surface area contributed by atoms with Crippen molar-refractivity contribution in [2.45, 2.75) is 0 Å². The fourth-order valence-corrected chi connectivity index (χ4v) is 14.7. The molecule has 0 atom stereocenters. The molecule has 0 fully saturated rings. The third-order valence-corrected chi connectivity index (χ3v) is 18.2. The first-order chi connectivity index (χ1) is 43.8. The predicted octanol–water partition coefficient (Wildman–Crippen LogP) is 20.1. The van der Waals surface area contributed by atoms with Crippen molar-refractivity contribution in [2.75, 3.05) is 0 Å². The number of fused-ring (bicyclic) bond motifs is 14. The molecule has 0 bridgehead atoms. The first-order valence-electron chi connectivity index (χ1n) is 30.0. The molecule has 8 heteroatoms. The van der Waals surface area contributed by atoms with Gasteiger partial charge < -0.3 is 18.3 Å². The van der Waals surface area contributed by atoms with Gasteiger partial charge in [-0.05, 0) is 97.1 Å². The smallest absolute Gasteiger partial charge is 0.150 e. The van der Waals surface area contributed by atoms with E-state index in [1.165, 1.54) is 0 Å². The Morgan fingerprint density at radius 1 is 0.170 bits per heavy atom. The Hall–Kier alpha value is -12.0. The number of hydrogen-bond donors (Lipinski definition) is 0. The van der Waals surface area contributed by atoms with Gasteiger partial charge in [0.05, 0.1) is 100 Å². The van der Waals surface area contributed by atoms with Crippen LogP contribution in [0.25, 0.3) is 166 Å². The van der Waals surface area contributed by atoms with Crippen molar-refractivity contribution in [3.8, 4) is 56.9 Å². The van der Waals surface area contributed by atoms with Crippen molar-refractivity contribution in [1.29, 1.82) is 0 Å². The van der Waals surface area contributed by atoms with Crippen LogP contribution in [0.1, 0.15) is 0 Å². The number of benzene rings is 13. The van der Waals surface area contributed by atoms with E-state index in [-0.39, 0.29) is 0 Å². The zero-order valence-corrected chi connectivity index (χ0v) is 47.4. The Balaban J connectivity index is 1.23. The highest BCUT2D eigenvalue weighted by molar-refractivity contribution is 6.19. The Kier molecular flexibility index (Phi) is 10.3. The SMILES string of the molecule is c1ccc(-n2c(-c3c(-n4c5ccccc5c5ccccc54)c(-n4c5ccccc5c5ccccc54)c(-c4nc5ccccc5n4-c4ccccc4)c(-n4c5ccccc5c5ccccc54)c3-n3c4ccccc4c4ccccc43)nc3ccccc32)cc1. The Labute approximate surface area is 504 Å². The van der Waals surface area contributed by atoms with Gasteiger partial charge in [0.25, 0.3) is 0 Å². The van der Waals surface area contributed by atoms with E-state index >= 15 is 0 Å². The molecule has 88 heavy (non-hydrogen) atoms. The fourth-order valence-electron chi connectivity index (χ4n) is 14.7. The highest BCUT2D eigenvalue weighted by Gasteiger charge is 2.39. The number of imidazole rings is 2. The minimum Gasteiger partial charge on any atom is -0.306 e. The van der Waals surface area contributed by atoms with Crippen LogP contribution in [0.15, 0.2) is 303 Å². The predicted molar refractivity (Wildman–Crippen MR) is 364 cm³/mol. The molecule has 0 saturated heterocycles. The normalized spacial score (nSPS) is 12.1. The Bertz CT molecular complexity index is 5230. The molecule has 19 aromatic rings. The zero-order chi connectivity index (χ0) is 57.6. The molecule has 6 heterocycles. The lowest BCUT2D eigenvalue weighted by atomic mass is 9.95. The lowest BCUT2D eigenvalue weighted by Crippen LogP contribution is -2.18. The summed E-state index contributed by atoms with van der Waals surface area (Å²) in [5.41, 5.74) is 19.6. The van der Waals surface area contributed by atoms with Crippen LogP contribution in [0.4, 0.5) is 0 Å². The van der Waals surface area contributed by atoms with Crippen molar-refractivity contribution in [1.82, 2.24) is 37.4 Å². The summed E-state index contributed by atoms with van der Waals surface area (Å²) in [6.45, 7) is 0. The summed E-state index contributed by atoms with van der Waals surface area (Å²) < 4.78 is 15.1. The number of rotatable bonds is 8. The molecule has 0 aliphatic heterocycles. The van der Waals surface area contributed by atoms with Crippen LogP contribution in [0.3, 0.4) is 0 Å². The van der Waals surface area contributed by atoms with Crippen LogP contribution in [-0.2, 0) is 0 Å². The van der Waals surface area contributed by atoms with Gasteiger partial charge in [0.2, 0.25) is 0 Å². The van der Waals surface area contributed by atoms with Crippen molar-refractivity contribution in [2.24, 2.45) is 0 Å². The van der Waals surface area contributed by atoms with Gasteiger partial charge in [0, 0.05) is 54.5 Å². The standard InChI is InChI=1S/C80H50N8/c1-3-27-51(28-4-1)83-71-49-25-15-39-61(71)81-79(83)73-75(85-63-41-17-7-31-53(63)54-32-8-18-42-64(54)85)77(87-67-45-21-11-35-57(67)58-36-12-22-46-68(58)87)74(80-82-62-40-16-26-50-72(62)84(80)52-29-5-2-6-30-52)78(88-69-47-23-13-37-59(69)60-38-14-24-48-70(60)88)76(73)86-65-43-19-9-33-55(65)56-34-10-20-44-66(56)86/h1-50H. The molecule has 13 aromatic carbocycles. The van der Waals surface area contributed by atoms with E-state index in [1.54, 1.807) is 0 Å². The topological polar surface area (TPSA) is 55.4 Å². The van der Waals surface area contributed by atoms with Gasteiger partial charge in [-0.25, -0.2) is 9.97 Å². The molecule has 0 saturated carbocycles. The van der Waals surface area contributed by atoms with E-state index in [9.17, 15) is 0 Å². The van der Waals surface area contributed by atoms with Gasteiger partial charge >= 0.3 is 0 Å². The van der Waals surface area contributed by atoms with E-state index in [2.05, 4.69) is 331 Å². The van der Waals surface area contributed by atoms with Crippen LogP contribution >= 0.6 is 0 Å². The summed E-state index contributed by atoms with van der Waals surface area (Å²) in [4.78, 5) is 12.2. The molecule has 6 aromatic heterocycles. The monoisotopic (exact) mass is 1120 g/mol. The Morgan fingerprint density at radius 2 is 0.364 bits per heavy atom. The van der Waals surface area contributed by atoms with Crippen molar-refractivity contribution in [3.05, 3.63) is 303 Å². The molecule has 0 radical (unpaired) electrons. The summed E-state index contributed by atoms with van der Waals surface area (Å²) in [6, 6.07) is 110. The average Bonchev–Trinajstić information content (AvgIpc) is 1.49. The maximum atomic E-state index is 6.11. The summed E-state index contributed by atoms with van der Waals surface area (Å²) in [7, 11) is 0. The second-order valence-electron chi connectivity index (χ2n) is 22.8. The van der Waals surface area contributed by atoms with E-state index in [0.717, 1.165) is 166 Å². The van der Waals surface area contributed by atoms with Gasteiger partial charge in [-0.3, -0.25) is 9.13 Å². The van der Waals surface area contributed by atoms with E-state index < -0.39 is 0 Å². The quantitative estimate of drug-likeness (QED) is 0.152. The molecule has 0 aliphatic rings. The van der Waals surface area contributed by atoms with E-state index in [4.69, 9.17) is 9.97 Å². The maximum absolute atomic E-state index is 6.11. The van der Waals surface area contributed by atoms with Gasteiger partial charge in [-0.1, -0.05) is 206 Å². The lowest BCUT2D eigenvalue weighted by Gasteiger charge is -2.31. The summed E-state index contributed by atoms with van der Waals surface area (Å²) in [5, 5.41) is 9.09. The van der Waals surface area contributed by atoms with E-state index in [1.807, 2.05) is 0 Å². The highest BCUT2D eigenvalue weighted by atomic mass is 15.2. The minimum atomic E-state index is 0.772. The van der Waals surface area contributed by atoms with Gasteiger partial charge in [0.15, 0.2) is 0 Å². The number of para-hydroxylation sites is 14. The second-order valence-corrected chi connectivity index (χ2v) is 22.8. The van der Waals surface area contributed by atoms with Crippen LogP contribution in [0.5, 0.6) is 0 Å². The zero-order valence-electron chi connectivity index (χ0n) is 47.4. The average molecular weight is 1120 g/mol. The molecule has 0 aliphatic carbocycles. The van der Waals surface area contributed by atoms with Crippen molar-refractivity contribution in [3.63, 3.8) is 0 Å². The third-order valence-electron chi connectivity index (χ3n) is 18.2. The highest BCUT2D eigenvalue weighted by Crippen LogP contribution is 2.55. The van der Waals surface area contributed by atoms with E-state index in [0.29, 0.717) is 0 Å². The van der Waals surface area contributed by atoms with Crippen molar-refractivity contribution < 1.29 is 0 Å². The molecule has 0 spiro atoms. The number of nitrogens with zero attached hydrogens (tertiary/aromatic N) is 8. The van der Waals surface area contributed by atoms with Crippen LogP contribution in [0.2, 0.25) is 0 Å². The van der Waals surface area contributed by atoms with Crippen LogP contribution in [0, 0.1) is 0 Å². The summed E-state index contributed by atoms with van der Waals surface area (Å²) >= 11 is 0. The summed E-state index contributed by atoms with van der Waals surface area (Å²) in [5.74, 6) is 1.54. The maximum Gasteiger partial charge on any atom is 0.150 e. The summed E-state index contributed by atoms with van der Waals surface area (Å²) in [6.07, 6.45) is 0. The molecular formula is C80H50N8. The first kappa shape index (κ1) is 48.4. The third kappa shape index (κ3) is 6.73. The second kappa shape index (κ2) is 18.7. The fraction of sp³-hybridized carbons (Fsp3) is 0. The number of aromatic nitrogens is 8. The van der Waals surface area contributed by atoms with Crippen LogP contribution < -0.4 is 0 Å². The molecule has 0 N–H and O–H groups in total. The molecule has 410 valence electrons. The van der Waals surface area contributed by atoms with Crippen LogP contribution in [-0.4, -0.2) is 37.4 Å². The molecule has 19 rings (SSSR count). The molecule has 0 unspecified atom stereocenters. The minimum absolute atomic E-state index is 0.772. The number of hydrogen-bond acceptors (Lipinski definition) is 2. The largest absolute Gasteiger partial charge is 0.306 e. The molecular weight excluding hydrogens is 1070 g/mol. The van der Waals surface area contributed by atoms with Crippen molar-refractivity contribution >= 4 is 109 Å². The molecule has 8 nitrogen and oxygen atoms in total. The van der Waals surface area contributed by atoms with Gasteiger partial charge in [0.1, 0.15) is 11.6 Å². The van der Waals surface area contributed by atoms with Gasteiger partial charge in [-0.2, -0.15) is 0 Å². The molecule has 0 amide bonds.